The van der Waals surface area contributed by atoms with Gasteiger partial charge in [-0.05, 0) is 32.4 Å². The van der Waals surface area contributed by atoms with Crippen LogP contribution in [-0.2, 0) is 25.2 Å². The molecular weight excluding hydrogens is 389 g/mol. The zero-order valence-corrected chi connectivity index (χ0v) is 16.0. The third-order valence-electron chi connectivity index (χ3n) is 4.24. The van der Waals surface area contributed by atoms with Gasteiger partial charge in [-0.2, -0.15) is 18.4 Å². The summed E-state index contributed by atoms with van der Waals surface area (Å²) in [5, 5.41) is 12.1. The van der Waals surface area contributed by atoms with E-state index in [4.69, 9.17) is 9.47 Å². The molecule has 0 amide bonds. The van der Waals surface area contributed by atoms with Crippen molar-refractivity contribution in [3.8, 4) is 6.07 Å². The van der Waals surface area contributed by atoms with Crippen LogP contribution in [0.25, 0.3) is 0 Å². The number of nitriles is 1. The molecule has 9 heteroatoms. The fourth-order valence-electron chi connectivity index (χ4n) is 3.14. The van der Waals surface area contributed by atoms with Gasteiger partial charge in [-0.1, -0.05) is 18.2 Å². The van der Waals surface area contributed by atoms with Crippen molar-refractivity contribution in [2.75, 3.05) is 13.2 Å². The summed E-state index contributed by atoms with van der Waals surface area (Å²) in [4.78, 5) is 25.2. The number of hydrogen-bond acceptors (Lipinski definition) is 6. The molecule has 6 nitrogen and oxygen atoms in total. The van der Waals surface area contributed by atoms with Gasteiger partial charge in [0.05, 0.1) is 35.8 Å². The first-order chi connectivity index (χ1) is 13.7. The Hall–Kier alpha value is -3.28. The monoisotopic (exact) mass is 408 g/mol. The van der Waals surface area contributed by atoms with Crippen LogP contribution in [0.5, 0.6) is 0 Å². The van der Waals surface area contributed by atoms with Crippen LogP contribution in [0.15, 0.2) is 46.8 Å². The molecule has 1 heterocycles. The predicted octanol–water partition coefficient (Wildman–Crippen LogP) is 3.57. The molecule has 0 aliphatic carbocycles. The first kappa shape index (κ1) is 22.0. The van der Waals surface area contributed by atoms with Gasteiger partial charge in [0.25, 0.3) is 0 Å². The smallest absolute Gasteiger partial charge is 0.416 e. The van der Waals surface area contributed by atoms with Crippen LogP contribution in [0.2, 0.25) is 0 Å². The highest BCUT2D eigenvalue weighted by atomic mass is 19.4. The van der Waals surface area contributed by atoms with Crippen LogP contribution >= 0.6 is 0 Å². The Balaban J connectivity index is 2.85. The van der Waals surface area contributed by atoms with Gasteiger partial charge >= 0.3 is 18.1 Å². The average Bonchev–Trinajstić information content (AvgIpc) is 2.66. The fourth-order valence-corrected chi connectivity index (χ4v) is 3.14. The fraction of sp³-hybridized carbons (Fsp3) is 0.350. The standard InChI is InChI=1S/C20H19F3N2O4/c1-4-28-18(26)15-11(3)25-14(10-24)17(19(27)29-5-2)16(15)12-8-6-7-9-13(12)20(21,22)23/h6-9,16,25H,4-5H2,1-3H3. The van der Waals surface area contributed by atoms with Crippen LogP contribution < -0.4 is 5.32 Å². The average molecular weight is 408 g/mol. The Bertz CT molecular complexity index is 926. The molecule has 1 aromatic rings. The number of alkyl halides is 3. The summed E-state index contributed by atoms with van der Waals surface area (Å²) in [7, 11) is 0. The summed E-state index contributed by atoms with van der Waals surface area (Å²) in [6.07, 6.45) is -4.75. The van der Waals surface area contributed by atoms with E-state index in [1.807, 2.05) is 0 Å². The summed E-state index contributed by atoms with van der Waals surface area (Å²) in [6.45, 7) is 4.41. The minimum Gasteiger partial charge on any atom is -0.463 e. The molecule has 2 rings (SSSR count). The Morgan fingerprint density at radius 3 is 2.17 bits per heavy atom. The normalized spacial score (nSPS) is 16.8. The lowest BCUT2D eigenvalue weighted by Gasteiger charge is -2.30. The van der Waals surface area contributed by atoms with Crippen molar-refractivity contribution in [3.63, 3.8) is 0 Å². The lowest BCUT2D eigenvalue weighted by atomic mass is 9.78. The summed E-state index contributed by atoms with van der Waals surface area (Å²) in [5.41, 5.74) is -2.10. The van der Waals surface area contributed by atoms with Crippen molar-refractivity contribution in [3.05, 3.63) is 57.9 Å². The van der Waals surface area contributed by atoms with E-state index in [1.165, 1.54) is 32.0 Å². The molecule has 0 aromatic heterocycles. The molecule has 0 spiro atoms. The van der Waals surface area contributed by atoms with Crippen molar-refractivity contribution >= 4 is 11.9 Å². The molecule has 154 valence electrons. The molecule has 1 atom stereocenters. The van der Waals surface area contributed by atoms with Crippen LogP contribution in [0.4, 0.5) is 13.2 Å². The largest absolute Gasteiger partial charge is 0.463 e. The zero-order valence-electron chi connectivity index (χ0n) is 16.0. The first-order valence-corrected chi connectivity index (χ1v) is 8.79. The number of carbonyl (C=O) groups excluding carboxylic acids is 2. The zero-order chi connectivity index (χ0) is 21.8. The van der Waals surface area contributed by atoms with Gasteiger partial charge in [-0.15, -0.1) is 0 Å². The maximum atomic E-state index is 13.7. The molecule has 0 saturated heterocycles. The Morgan fingerprint density at radius 2 is 1.66 bits per heavy atom. The Morgan fingerprint density at radius 1 is 1.10 bits per heavy atom. The number of halogens is 3. The van der Waals surface area contributed by atoms with Crippen molar-refractivity contribution < 1.29 is 32.2 Å². The second-order valence-corrected chi connectivity index (χ2v) is 6.02. The number of benzene rings is 1. The summed E-state index contributed by atoms with van der Waals surface area (Å²) < 4.78 is 51.0. The van der Waals surface area contributed by atoms with E-state index in [0.29, 0.717) is 0 Å². The van der Waals surface area contributed by atoms with Gasteiger partial charge in [0, 0.05) is 5.70 Å². The van der Waals surface area contributed by atoms with E-state index >= 15 is 0 Å². The lowest BCUT2D eigenvalue weighted by Crippen LogP contribution is -2.34. The molecule has 29 heavy (non-hydrogen) atoms. The predicted molar refractivity (Wildman–Crippen MR) is 95.9 cm³/mol. The third kappa shape index (κ3) is 4.42. The summed E-state index contributed by atoms with van der Waals surface area (Å²) >= 11 is 0. The highest BCUT2D eigenvalue weighted by Gasteiger charge is 2.43. The topological polar surface area (TPSA) is 88.4 Å². The second kappa shape index (κ2) is 8.82. The number of nitrogens with zero attached hydrogens (tertiary/aromatic N) is 1. The van der Waals surface area contributed by atoms with Gasteiger partial charge in [0.15, 0.2) is 0 Å². The van der Waals surface area contributed by atoms with Crippen molar-refractivity contribution in [1.82, 2.24) is 5.32 Å². The highest BCUT2D eigenvalue weighted by Crippen LogP contribution is 2.44. The summed E-state index contributed by atoms with van der Waals surface area (Å²) in [5.74, 6) is -3.37. The van der Waals surface area contributed by atoms with Crippen LogP contribution in [-0.4, -0.2) is 25.2 Å². The van der Waals surface area contributed by atoms with Crippen LogP contribution in [0.1, 0.15) is 37.8 Å². The number of carbonyl (C=O) groups is 2. The van der Waals surface area contributed by atoms with Crippen molar-refractivity contribution in [2.45, 2.75) is 32.9 Å². The molecule has 1 aliphatic heterocycles. The van der Waals surface area contributed by atoms with Crippen molar-refractivity contribution in [1.29, 1.82) is 5.26 Å². The number of ether oxygens (including phenoxy) is 2. The number of esters is 2. The maximum absolute atomic E-state index is 13.7. The highest BCUT2D eigenvalue weighted by molar-refractivity contribution is 6.00. The van der Waals surface area contributed by atoms with E-state index in [0.717, 1.165) is 6.07 Å². The van der Waals surface area contributed by atoms with Gasteiger partial charge in [0.2, 0.25) is 0 Å². The minimum absolute atomic E-state index is 0.0210. The van der Waals surface area contributed by atoms with Crippen LogP contribution in [0.3, 0.4) is 0 Å². The van der Waals surface area contributed by atoms with Gasteiger partial charge in [-0.3, -0.25) is 0 Å². The molecular formula is C20H19F3N2O4. The molecule has 0 bridgehead atoms. The molecule has 1 aliphatic rings. The Kier molecular flexibility index (Phi) is 6.69. The number of rotatable bonds is 5. The SMILES string of the molecule is CCOC(=O)C1=C(C)NC(C#N)=C(C(=O)OCC)C1c1ccccc1C(F)(F)F. The number of allylic oxidation sites excluding steroid dienone is 2. The third-order valence-corrected chi connectivity index (χ3v) is 4.24. The Labute approximate surface area is 165 Å². The number of nitrogens with one attached hydrogen (secondary N) is 1. The number of hydrogen-bond donors (Lipinski definition) is 1. The van der Waals surface area contributed by atoms with E-state index in [1.54, 1.807) is 13.0 Å². The second-order valence-electron chi connectivity index (χ2n) is 6.02. The van der Waals surface area contributed by atoms with Gasteiger partial charge in [0.1, 0.15) is 11.8 Å². The molecule has 1 aromatic carbocycles. The maximum Gasteiger partial charge on any atom is 0.416 e. The summed E-state index contributed by atoms with van der Waals surface area (Å²) in [6, 6.07) is 6.35. The van der Waals surface area contributed by atoms with Gasteiger partial charge in [-0.25, -0.2) is 9.59 Å². The van der Waals surface area contributed by atoms with E-state index in [2.05, 4.69) is 5.32 Å². The van der Waals surface area contributed by atoms with Crippen LogP contribution in [0, 0.1) is 11.3 Å². The van der Waals surface area contributed by atoms with E-state index in [9.17, 15) is 28.0 Å². The van der Waals surface area contributed by atoms with Crippen molar-refractivity contribution in [2.24, 2.45) is 0 Å². The molecule has 0 fully saturated rings. The number of dihydropyridines is 1. The van der Waals surface area contributed by atoms with Gasteiger partial charge < -0.3 is 14.8 Å². The molecule has 0 saturated carbocycles. The lowest BCUT2D eigenvalue weighted by molar-refractivity contribution is -0.142. The van der Waals surface area contributed by atoms with E-state index in [-0.39, 0.29) is 41.3 Å². The first-order valence-electron chi connectivity index (χ1n) is 8.79. The van der Waals surface area contributed by atoms with E-state index < -0.39 is 29.6 Å². The molecule has 1 unspecified atom stereocenters. The minimum atomic E-state index is -4.75. The molecule has 1 N–H and O–H groups in total. The molecule has 0 radical (unpaired) electrons. The quantitative estimate of drug-likeness (QED) is 0.750.